The fourth-order valence-corrected chi connectivity index (χ4v) is 1.83. The lowest BCUT2D eigenvalue weighted by Crippen LogP contribution is -2.26. The van der Waals surface area contributed by atoms with Crippen LogP contribution in [-0.4, -0.2) is 31.1 Å². The lowest BCUT2D eigenvalue weighted by Gasteiger charge is -2.10. The maximum Gasteiger partial charge on any atom is 0.251 e. The van der Waals surface area contributed by atoms with Crippen LogP contribution in [-0.2, 0) is 0 Å². The van der Waals surface area contributed by atoms with Gasteiger partial charge in [0.05, 0.1) is 7.11 Å². The number of hydrogen-bond acceptors (Lipinski definition) is 4. The first-order chi connectivity index (χ1) is 8.56. The fourth-order valence-electron chi connectivity index (χ4n) is 1.48. The van der Waals surface area contributed by atoms with E-state index in [1.54, 1.807) is 37.1 Å². The number of carbonyl (C=O) groups is 1. The van der Waals surface area contributed by atoms with Gasteiger partial charge in [0.2, 0.25) is 0 Å². The van der Waals surface area contributed by atoms with Crippen LogP contribution < -0.4 is 15.8 Å². The number of nitrogens with one attached hydrogen (secondary N) is 1. The van der Waals surface area contributed by atoms with Gasteiger partial charge in [0.25, 0.3) is 5.91 Å². The zero-order valence-electron chi connectivity index (χ0n) is 11.0. The molecule has 1 aromatic carbocycles. The first kappa shape index (κ1) is 14.7. The molecule has 0 aliphatic heterocycles. The highest BCUT2D eigenvalue weighted by Crippen LogP contribution is 2.18. The van der Waals surface area contributed by atoms with Crippen LogP contribution in [0.3, 0.4) is 0 Å². The van der Waals surface area contributed by atoms with Crippen molar-refractivity contribution in [2.75, 3.05) is 25.6 Å². The Morgan fingerprint density at radius 2 is 2.22 bits per heavy atom. The molecule has 4 nitrogen and oxygen atoms in total. The third-order valence-electron chi connectivity index (χ3n) is 2.67. The maximum absolute atomic E-state index is 11.9. The smallest absolute Gasteiger partial charge is 0.251 e. The second-order valence-corrected chi connectivity index (χ2v) is 5.36. The molecule has 1 atom stereocenters. The molecule has 18 heavy (non-hydrogen) atoms. The summed E-state index contributed by atoms with van der Waals surface area (Å²) in [5.41, 5.74) is 6.76. The van der Waals surface area contributed by atoms with Gasteiger partial charge in [0.15, 0.2) is 0 Å². The summed E-state index contributed by atoms with van der Waals surface area (Å²) >= 11 is 1.79. The monoisotopic (exact) mass is 268 g/mol. The van der Waals surface area contributed by atoms with E-state index < -0.39 is 0 Å². The van der Waals surface area contributed by atoms with Gasteiger partial charge in [0.1, 0.15) is 5.75 Å². The summed E-state index contributed by atoms with van der Waals surface area (Å²) in [6, 6.07) is 5.02. The number of hydrogen-bond donors (Lipinski definition) is 2. The Kier molecular flexibility index (Phi) is 5.85. The van der Waals surface area contributed by atoms with Gasteiger partial charge in [-0.05, 0) is 24.8 Å². The van der Waals surface area contributed by atoms with Gasteiger partial charge >= 0.3 is 0 Å². The van der Waals surface area contributed by atoms with Crippen LogP contribution in [0, 0.1) is 0 Å². The molecule has 0 aliphatic rings. The van der Waals surface area contributed by atoms with Crippen molar-refractivity contribution in [1.29, 1.82) is 0 Å². The quantitative estimate of drug-likeness (QED) is 0.776. The van der Waals surface area contributed by atoms with Gasteiger partial charge in [0, 0.05) is 29.1 Å². The molecule has 0 saturated heterocycles. The maximum atomic E-state index is 11.9. The Morgan fingerprint density at radius 1 is 1.50 bits per heavy atom. The summed E-state index contributed by atoms with van der Waals surface area (Å²) in [5.74, 6) is 0.478. The number of ether oxygens (including phenoxy) is 1. The molecule has 0 spiro atoms. The number of carbonyl (C=O) groups excluding carboxylic acids is 1. The molecule has 1 rings (SSSR count). The summed E-state index contributed by atoms with van der Waals surface area (Å²) < 4.78 is 5.08. The zero-order valence-corrected chi connectivity index (χ0v) is 11.8. The van der Waals surface area contributed by atoms with E-state index in [-0.39, 0.29) is 5.91 Å². The number of amides is 1. The van der Waals surface area contributed by atoms with Crippen molar-refractivity contribution < 1.29 is 9.53 Å². The van der Waals surface area contributed by atoms with Crippen LogP contribution >= 0.6 is 11.8 Å². The Morgan fingerprint density at radius 3 is 2.83 bits per heavy atom. The van der Waals surface area contributed by atoms with Crippen LogP contribution in [0.5, 0.6) is 5.75 Å². The summed E-state index contributed by atoms with van der Waals surface area (Å²) in [6.07, 6.45) is 3.02. The highest BCUT2D eigenvalue weighted by atomic mass is 32.2. The first-order valence-electron chi connectivity index (χ1n) is 5.82. The molecule has 1 unspecified atom stereocenters. The number of thioether (sulfide) groups is 1. The molecule has 0 aliphatic carbocycles. The predicted molar refractivity (Wildman–Crippen MR) is 77.3 cm³/mol. The van der Waals surface area contributed by atoms with Crippen LogP contribution in [0.1, 0.15) is 23.7 Å². The zero-order chi connectivity index (χ0) is 13.5. The van der Waals surface area contributed by atoms with Crippen molar-refractivity contribution >= 4 is 23.4 Å². The molecule has 0 fully saturated rings. The minimum atomic E-state index is -0.117. The highest BCUT2D eigenvalue weighted by molar-refractivity contribution is 7.99. The van der Waals surface area contributed by atoms with Crippen LogP contribution in [0.2, 0.25) is 0 Å². The van der Waals surface area contributed by atoms with E-state index in [1.165, 1.54) is 0 Å². The van der Waals surface area contributed by atoms with Crippen molar-refractivity contribution in [3.63, 3.8) is 0 Å². The molecule has 0 aromatic heterocycles. The van der Waals surface area contributed by atoms with Gasteiger partial charge in [-0.1, -0.05) is 6.92 Å². The number of nitrogens with two attached hydrogens (primary N) is 1. The third kappa shape index (κ3) is 4.49. The van der Waals surface area contributed by atoms with Gasteiger partial charge in [-0.25, -0.2) is 0 Å². The summed E-state index contributed by atoms with van der Waals surface area (Å²) in [7, 11) is 1.55. The van der Waals surface area contributed by atoms with E-state index >= 15 is 0 Å². The van der Waals surface area contributed by atoms with Crippen LogP contribution in [0.15, 0.2) is 18.2 Å². The van der Waals surface area contributed by atoms with E-state index in [9.17, 15) is 4.79 Å². The minimum absolute atomic E-state index is 0.117. The van der Waals surface area contributed by atoms with E-state index in [0.29, 0.717) is 28.8 Å². The Labute approximate surface area is 112 Å². The molecule has 0 bridgehead atoms. The highest BCUT2D eigenvalue weighted by Gasteiger charge is 2.08. The summed E-state index contributed by atoms with van der Waals surface area (Å²) in [6.45, 7) is 2.80. The second kappa shape index (κ2) is 7.16. The molecule has 0 saturated carbocycles. The largest absolute Gasteiger partial charge is 0.497 e. The van der Waals surface area contributed by atoms with E-state index in [2.05, 4.69) is 18.5 Å². The lowest BCUT2D eigenvalue weighted by atomic mass is 10.1. The number of nitrogen functional groups attached to an aromatic ring is 1. The normalized spacial score (nSPS) is 11.9. The minimum Gasteiger partial charge on any atom is -0.497 e. The van der Waals surface area contributed by atoms with Crippen molar-refractivity contribution in [3.05, 3.63) is 23.8 Å². The summed E-state index contributed by atoms with van der Waals surface area (Å²) in [4.78, 5) is 11.9. The first-order valence-corrected chi connectivity index (χ1v) is 7.11. The average molecular weight is 268 g/mol. The van der Waals surface area contributed by atoms with Gasteiger partial charge in [-0.15, -0.1) is 0 Å². The molecule has 0 heterocycles. The number of benzene rings is 1. The molecule has 1 aromatic rings. The van der Waals surface area contributed by atoms with Gasteiger partial charge in [-0.2, -0.15) is 11.8 Å². The summed E-state index contributed by atoms with van der Waals surface area (Å²) in [5, 5.41) is 3.42. The van der Waals surface area contributed by atoms with Crippen LogP contribution in [0.4, 0.5) is 5.69 Å². The number of rotatable bonds is 6. The molecular formula is C13H20N2O2S. The van der Waals surface area contributed by atoms with Crippen molar-refractivity contribution in [1.82, 2.24) is 5.32 Å². The van der Waals surface area contributed by atoms with E-state index in [1.807, 2.05) is 0 Å². The van der Waals surface area contributed by atoms with Crippen molar-refractivity contribution in [3.8, 4) is 5.75 Å². The van der Waals surface area contributed by atoms with E-state index in [0.717, 1.165) is 6.42 Å². The number of anilines is 1. The van der Waals surface area contributed by atoms with Crippen LogP contribution in [0.25, 0.3) is 0 Å². The molecule has 100 valence electrons. The van der Waals surface area contributed by atoms with Crippen molar-refractivity contribution in [2.24, 2.45) is 0 Å². The van der Waals surface area contributed by atoms with Crippen molar-refractivity contribution in [2.45, 2.75) is 18.6 Å². The fraction of sp³-hybridized carbons (Fsp3) is 0.462. The van der Waals surface area contributed by atoms with Gasteiger partial charge in [-0.3, -0.25) is 4.79 Å². The van der Waals surface area contributed by atoms with Gasteiger partial charge < -0.3 is 15.8 Å². The van der Waals surface area contributed by atoms with E-state index in [4.69, 9.17) is 10.5 Å². The number of methoxy groups -OCH3 is 1. The average Bonchev–Trinajstić information content (AvgIpc) is 2.37. The SMILES string of the molecule is COc1cc(N)cc(C(=O)NCCC(C)SC)c1. The second-order valence-electron chi connectivity index (χ2n) is 4.09. The molecule has 5 heteroatoms. The molecule has 3 N–H and O–H groups in total. The standard InChI is InChI=1S/C13H20N2O2S/c1-9(18-3)4-5-15-13(16)10-6-11(14)8-12(7-10)17-2/h6-9H,4-5,14H2,1-3H3,(H,15,16). The third-order valence-corrected chi connectivity index (χ3v) is 3.71. The predicted octanol–water partition coefficient (Wildman–Crippen LogP) is 2.15. The Bertz CT molecular complexity index is 410. The molecule has 0 radical (unpaired) electrons. The molecular weight excluding hydrogens is 248 g/mol. The molecule has 1 amide bonds. The topological polar surface area (TPSA) is 64.3 Å². The Hall–Kier alpha value is -1.36. The lowest BCUT2D eigenvalue weighted by molar-refractivity contribution is 0.0953. The Balaban J connectivity index is 2.58.